The molecule has 4 bridgehead atoms. The Morgan fingerprint density at radius 1 is 0.500 bits per heavy atom. The zero-order chi connectivity index (χ0) is 37.0. The van der Waals surface area contributed by atoms with Gasteiger partial charge in [-0.3, -0.25) is 0 Å². The van der Waals surface area contributed by atoms with Gasteiger partial charge in [-0.15, -0.1) is 0 Å². The third kappa shape index (κ3) is 4.90. The van der Waals surface area contributed by atoms with Gasteiger partial charge in [-0.05, 0) is 127 Å². The first-order valence-electron chi connectivity index (χ1n) is 19.8. The van der Waals surface area contributed by atoms with Crippen LogP contribution in [0.25, 0.3) is 89.2 Å². The Balaban J connectivity index is 1.12. The molecule has 6 aromatic carbocycles. The van der Waals surface area contributed by atoms with E-state index in [-0.39, 0.29) is 5.41 Å². The SMILES string of the molecule is N#Cc1ccc(-c2cc(-c3nc(-c4cccc5c4oc4ccccc45)nc(-c4cccc5c4oc4ccccc45)n3)cc(C34C[C@H]5C[C@@H](C3)C[C@@H](C4)C5)c2)cc1. The van der Waals surface area contributed by atoms with Crippen molar-refractivity contribution in [3.8, 4) is 51.4 Å². The standard InChI is InChI=1S/C50H36N4O2/c51-28-29-15-17-33(18-16-29)34-22-35(24-36(23-34)50-25-30-19-31(26-50)21-32(20-30)27-50)47-52-48(41-11-5-9-39-37-7-1-3-13-43(37)55-45(39)41)54-49(53-47)42-12-6-10-40-38-8-2-4-14-44(38)56-46(40)42/h1-18,22-24,30-32H,19-21,25-27H2/t30-,31+,32-,50?. The molecule has 0 spiro atoms. The van der Waals surface area contributed by atoms with Crippen LogP contribution in [-0.2, 0) is 5.41 Å². The average molecular weight is 725 g/mol. The van der Waals surface area contributed by atoms with Gasteiger partial charge in [-0.25, -0.2) is 15.0 Å². The molecule has 3 aromatic heterocycles. The first-order valence-corrected chi connectivity index (χ1v) is 19.8. The first kappa shape index (κ1) is 31.7. The maximum atomic E-state index is 9.60. The molecule has 0 radical (unpaired) electrons. The molecule has 0 saturated heterocycles. The second kappa shape index (κ2) is 12.0. The van der Waals surface area contributed by atoms with Crippen molar-refractivity contribution in [2.24, 2.45) is 17.8 Å². The van der Waals surface area contributed by atoms with Crippen molar-refractivity contribution in [3.63, 3.8) is 0 Å². The van der Waals surface area contributed by atoms with Crippen molar-refractivity contribution < 1.29 is 8.83 Å². The molecule has 0 unspecified atom stereocenters. The molecule has 0 atom stereocenters. The molecule has 4 aliphatic rings. The second-order valence-electron chi connectivity index (χ2n) is 16.6. The summed E-state index contributed by atoms with van der Waals surface area (Å²) in [6, 6.07) is 45.9. The van der Waals surface area contributed by atoms with Crippen LogP contribution in [0.1, 0.15) is 49.7 Å². The minimum Gasteiger partial charge on any atom is -0.455 e. The number of benzene rings is 6. The van der Waals surface area contributed by atoms with Gasteiger partial charge in [0.25, 0.3) is 0 Å². The van der Waals surface area contributed by atoms with E-state index in [1.165, 1.54) is 44.1 Å². The van der Waals surface area contributed by atoms with Crippen molar-refractivity contribution in [1.82, 2.24) is 15.0 Å². The molecule has 0 aliphatic heterocycles. The molecule has 0 N–H and O–H groups in total. The second-order valence-corrected chi connectivity index (χ2v) is 16.6. The summed E-state index contributed by atoms with van der Waals surface area (Å²) < 4.78 is 13.1. The molecule has 56 heavy (non-hydrogen) atoms. The number of rotatable bonds is 5. The zero-order valence-electron chi connectivity index (χ0n) is 30.7. The predicted octanol–water partition coefficient (Wildman–Crippen LogP) is 12.7. The predicted molar refractivity (Wildman–Crippen MR) is 221 cm³/mol. The first-order chi connectivity index (χ1) is 27.6. The number of hydrogen-bond donors (Lipinski definition) is 0. The van der Waals surface area contributed by atoms with Gasteiger partial charge in [0.2, 0.25) is 0 Å². The summed E-state index contributed by atoms with van der Waals surface area (Å²) in [7, 11) is 0. The molecule has 4 aliphatic carbocycles. The zero-order valence-corrected chi connectivity index (χ0v) is 30.7. The fourth-order valence-electron chi connectivity index (χ4n) is 11.0. The summed E-state index contributed by atoms with van der Waals surface area (Å²) in [5.41, 5.74) is 10.1. The van der Waals surface area contributed by atoms with E-state index in [9.17, 15) is 5.26 Å². The van der Waals surface area contributed by atoms with Crippen molar-refractivity contribution in [2.45, 2.75) is 43.9 Å². The number of nitriles is 1. The summed E-state index contributed by atoms with van der Waals surface area (Å²) >= 11 is 0. The quantitative estimate of drug-likeness (QED) is 0.176. The third-order valence-corrected chi connectivity index (χ3v) is 13.1. The number of nitrogens with zero attached hydrogens (tertiary/aromatic N) is 4. The lowest BCUT2D eigenvalue weighted by molar-refractivity contribution is -0.00515. The van der Waals surface area contributed by atoms with E-state index in [4.69, 9.17) is 23.8 Å². The number of hydrogen-bond acceptors (Lipinski definition) is 6. The summed E-state index contributed by atoms with van der Waals surface area (Å²) in [6.45, 7) is 0. The fraction of sp³-hybridized carbons (Fsp3) is 0.200. The van der Waals surface area contributed by atoms with Crippen LogP contribution in [0.15, 0.2) is 136 Å². The highest BCUT2D eigenvalue weighted by atomic mass is 16.3. The number of furan rings is 2. The van der Waals surface area contributed by atoms with Gasteiger partial charge in [-0.1, -0.05) is 78.9 Å². The highest BCUT2D eigenvalue weighted by Gasteiger charge is 2.51. The van der Waals surface area contributed by atoms with Gasteiger partial charge in [0, 0.05) is 27.1 Å². The third-order valence-electron chi connectivity index (χ3n) is 13.1. The van der Waals surface area contributed by atoms with Crippen molar-refractivity contribution in [3.05, 3.63) is 139 Å². The van der Waals surface area contributed by atoms with Crippen LogP contribution >= 0.6 is 0 Å². The minimum atomic E-state index is 0.143. The Morgan fingerprint density at radius 2 is 1.00 bits per heavy atom. The Morgan fingerprint density at radius 3 is 1.55 bits per heavy atom. The summed E-state index contributed by atoms with van der Waals surface area (Å²) in [4.78, 5) is 15.9. The van der Waals surface area contributed by atoms with E-state index in [0.29, 0.717) is 23.0 Å². The van der Waals surface area contributed by atoms with Crippen LogP contribution in [0.4, 0.5) is 0 Å². The Bertz CT molecular complexity index is 2920. The Hall–Kier alpha value is -6.58. The molecule has 9 aromatic rings. The minimum absolute atomic E-state index is 0.143. The summed E-state index contributed by atoms with van der Waals surface area (Å²) in [5, 5.41) is 13.8. The molecule has 6 nitrogen and oxygen atoms in total. The van der Waals surface area contributed by atoms with Crippen molar-refractivity contribution in [1.29, 1.82) is 5.26 Å². The Kier molecular flexibility index (Phi) is 6.78. The van der Waals surface area contributed by atoms with Gasteiger partial charge >= 0.3 is 0 Å². The molecule has 6 heteroatoms. The maximum Gasteiger partial charge on any atom is 0.167 e. The topological polar surface area (TPSA) is 88.7 Å². The van der Waals surface area contributed by atoms with E-state index in [0.717, 1.165) is 89.4 Å². The normalized spacial score (nSPS) is 21.4. The van der Waals surface area contributed by atoms with Crippen LogP contribution in [0.5, 0.6) is 0 Å². The maximum absolute atomic E-state index is 9.60. The van der Waals surface area contributed by atoms with Gasteiger partial charge < -0.3 is 8.83 Å². The highest BCUT2D eigenvalue weighted by molar-refractivity contribution is 6.10. The number of fused-ring (bicyclic) bond motifs is 6. The van der Waals surface area contributed by atoms with Gasteiger partial charge in [0.15, 0.2) is 17.5 Å². The number of para-hydroxylation sites is 4. The van der Waals surface area contributed by atoms with Crippen molar-refractivity contribution >= 4 is 43.9 Å². The molecular formula is C50H36N4O2. The van der Waals surface area contributed by atoms with Crippen LogP contribution < -0.4 is 0 Å². The van der Waals surface area contributed by atoms with Crippen LogP contribution in [0.3, 0.4) is 0 Å². The fourth-order valence-corrected chi connectivity index (χ4v) is 11.0. The molecule has 13 rings (SSSR count). The lowest BCUT2D eigenvalue weighted by atomic mass is 9.48. The molecule has 3 heterocycles. The molecule has 4 fully saturated rings. The van der Waals surface area contributed by atoms with Crippen molar-refractivity contribution in [2.75, 3.05) is 0 Å². The Labute approximate surface area is 323 Å². The molecule has 4 saturated carbocycles. The number of aromatic nitrogens is 3. The molecule has 0 amide bonds. The molecule has 268 valence electrons. The van der Waals surface area contributed by atoms with Crippen LogP contribution in [-0.4, -0.2) is 15.0 Å². The molecular weight excluding hydrogens is 689 g/mol. The summed E-state index contributed by atoms with van der Waals surface area (Å²) in [6.07, 6.45) is 7.86. The average Bonchev–Trinajstić information content (AvgIpc) is 3.82. The lowest BCUT2D eigenvalue weighted by Gasteiger charge is -2.57. The smallest absolute Gasteiger partial charge is 0.167 e. The van der Waals surface area contributed by atoms with E-state index in [1.807, 2.05) is 60.7 Å². The van der Waals surface area contributed by atoms with Gasteiger partial charge in [-0.2, -0.15) is 5.26 Å². The highest BCUT2D eigenvalue weighted by Crippen LogP contribution is 2.61. The monoisotopic (exact) mass is 724 g/mol. The van der Waals surface area contributed by atoms with E-state index >= 15 is 0 Å². The van der Waals surface area contributed by atoms with Crippen LogP contribution in [0, 0.1) is 29.1 Å². The van der Waals surface area contributed by atoms with Gasteiger partial charge in [0.1, 0.15) is 22.3 Å². The van der Waals surface area contributed by atoms with Gasteiger partial charge in [0.05, 0.1) is 22.8 Å². The largest absolute Gasteiger partial charge is 0.455 e. The van der Waals surface area contributed by atoms with E-state index in [2.05, 4.69) is 72.8 Å². The van der Waals surface area contributed by atoms with Crippen LogP contribution in [0.2, 0.25) is 0 Å². The van der Waals surface area contributed by atoms with E-state index in [1.54, 1.807) is 0 Å². The van der Waals surface area contributed by atoms with E-state index < -0.39 is 0 Å². The summed E-state index contributed by atoms with van der Waals surface area (Å²) in [5.74, 6) is 4.09. The lowest BCUT2D eigenvalue weighted by Crippen LogP contribution is -2.48.